The third-order valence-electron chi connectivity index (χ3n) is 3.65. The van der Waals surface area contributed by atoms with Crippen LogP contribution in [0.15, 0.2) is 10.6 Å². The Labute approximate surface area is 112 Å². The van der Waals surface area contributed by atoms with E-state index >= 15 is 0 Å². The van der Waals surface area contributed by atoms with Gasteiger partial charge in [-0.15, -0.1) is 0 Å². The van der Waals surface area contributed by atoms with E-state index in [1.54, 1.807) is 17.9 Å². The second-order valence-electron chi connectivity index (χ2n) is 4.93. The summed E-state index contributed by atoms with van der Waals surface area (Å²) in [4.78, 5) is 25.9. The Kier molecular flexibility index (Phi) is 3.59. The molecule has 1 N–H and O–H groups in total. The Morgan fingerprint density at radius 2 is 2.11 bits per heavy atom. The predicted molar refractivity (Wildman–Crippen MR) is 68.1 cm³/mol. The number of aromatic nitrogens is 1. The largest absolute Gasteiger partial charge is 0.361 e. The fourth-order valence-electron chi connectivity index (χ4n) is 2.45. The third kappa shape index (κ3) is 2.47. The number of aryl methyl sites for hydroxylation is 1. The van der Waals surface area contributed by atoms with Gasteiger partial charge in [-0.05, 0) is 19.8 Å². The van der Waals surface area contributed by atoms with Gasteiger partial charge in [0.15, 0.2) is 0 Å². The van der Waals surface area contributed by atoms with E-state index in [0.29, 0.717) is 30.8 Å². The molecule has 0 saturated carbocycles. The van der Waals surface area contributed by atoms with Crippen LogP contribution < -0.4 is 5.32 Å². The number of carbonyl (C=O) groups excluding carboxylic acids is 2. The molecule has 6 heteroatoms. The Bertz CT molecular complexity index is 491. The van der Waals surface area contributed by atoms with Gasteiger partial charge in [0.2, 0.25) is 11.8 Å². The van der Waals surface area contributed by atoms with Crippen molar-refractivity contribution in [2.24, 2.45) is 0 Å². The van der Waals surface area contributed by atoms with E-state index in [2.05, 4.69) is 10.5 Å². The lowest BCUT2D eigenvalue weighted by Gasteiger charge is -2.40. The van der Waals surface area contributed by atoms with Gasteiger partial charge in [-0.25, -0.2) is 0 Å². The normalized spacial score (nSPS) is 18.6. The molecule has 2 heterocycles. The Balaban J connectivity index is 2.20. The minimum absolute atomic E-state index is 0.0437. The first-order chi connectivity index (χ1) is 9.00. The van der Waals surface area contributed by atoms with E-state index in [-0.39, 0.29) is 18.4 Å². The molecule has 0 aromatic carbocycles. The van der Waals surface area contributed by atoms with E-state index in [4.69, 9.17) is 4.52 Å². The van der Waals surface area contributed by atoms with Crippen LogP contribution >= 0.6 is 0 Å². The van der Waals surface area contributed by atoms with Crippen LogP contribution in [0.4, 0.5) is 0 Å². The van der Waals surface area contributed by atoms with Crippen molar-refractivity contribution < 1.29 is 14.1 Å². The zero-order valence-electron chi connectivity index (χ0n) is 11.5. The Morgan fingerprint density at radius 3 is 2.63 bits per heavy atom. The SMILES string of the molecule is CCC1(CC)NC(=O)CN(Cc2cc(C)on2)C1=O. The fraction of sp³-hybridized carbons (Fsp3) is 0.615. The maximum atomic E-state index is 12.5. The molecule has 2 rings (SSSR count). The van der Waals surface area contributed by atoms with Crippen LogP contribution in [0.2, 0.25) is 0 Å². The second kappa shape index (κ2) is 5.03. The Hall–Kier alpha value is -1.85. The number of rotatable bonds is 4. The van der Waals surface area contributed by atoms with Crippen molar-refractivity contribution in [3.63, 3.8) is 0 Å². The van der Waals surface area contributed by atoms with Crippen LogP contribution in [0.1, 0.15) is 38.1 Å². The molecule has 1 aromatic heterocycles. The maximum absolute atomic E-state index is 12.5. The summed E-state index contributed by atoms with van der Waals surface area (Å²) in [5.74, 6) is 0.530. The predicted octanol–water partition coefficient (Wildman–Crippen LogP) is 1.00. The van der Waals surface area contributed by atoms with Crippen LogP contribution in [0.5, 0.6) is 0 Å². The highest BCUT2D eigenvalue weighted by Gasteiger charge is 2.44. The van der Waals surface area contributed by atoms with Crippen molar-refractivity contribution >= 4 is 11.8 Å². The summed E-state index contributed by atoms with van der Waals surface area (Å²) in [5, 5.41) is 6.69. The second-order valence-corrected chi connectivity index (χ2v) is 4.93. The first kappa shape index (κ1) is 13.6. The highest BCUT2D eigenvalue weighted by Crippen LogP contribution is 2.23. The van der Waals surface area contributed by atoms with Gasteiger partial charge in [0.05, 0.1) is 6.54 Å². The molecule has 1 aromatic rings. The number of nitrogens with zero attached hydrogens (tertiary/aromatic N) is 2. The van der Waals surface area contributed by atoms with Crippen molar-refractivity contribution in [2.45, 2.75) is 45.7 Å². The van der Waals surface area contributed by atoms with Crippen LogP contribution in [-0.4, -0.2) is 34.0 Å². The van der Waals surface area contributed by atoms with E-state index in [0.717, 1.165) is 0 Å². The quantitative estimate of drug-likeness (QED) is 0.881. The van der Waals surface area contributed by atoms with Gasteiger partial charge in [-0.3, -0.25) is 9.59 Å². The van der Waals surface area contributed by atoms with Gasteiger partial charge in [-0.1, -0.05) is 19.0 Å². The molecule has 104 valence electrons. The molecule has 0 atom stereocenters. The topological polar surface area (TPSA) is 75.4 Å². The molecule has 0 aliphatic carbocycles. The smallest absolute Gasteiger partial charge is 0.249 e. The summed E-state index contributed by atoms with van der Waals surface area (Å²) >= 11 is 0. The van der Waals surface area contributed by atoms with Crippen LogP contribution in [0, 0.1) is 6.92 Å². The molecule has 0 spiro atoms. The molecule has 1 saturated heterocycles. The lowest BCUT2D eigenvalue weighted by atomic mass is 9.89. The molecule has 1 aliphatic heterocycles. The molecule has 1 aliphatic rings. The molecular weight excluding hydrogens is 246 g/mol. The average molecular weight is 265 g/mol. The standard InChI is InChI=1S/C13H19N3O3/c1-4-13(5-2)12(18)16(8-11(17)14-13)7-10-6-9(3)19-15-10/h6H,4-5,7-8H2,1-3H3,(H,14,17). The summed E-state index contributed by atoms with van der Waals surface area (Å²) in [7, 11) is 0. The summed E-state index contributed by atoms with van der Waals surface area (Å²) in [6.45, 7) is 6.00. The minimum Gasteiger partial charge on any atom is -0.361 e. The van der Waals surface area contributed by atoms with Crippen molar-refractivity contribution in [3.05, 3.63) is 17.5 Å². The van der Waals surface area contributed by atoms with Crippen LogP contribution in [0.3, 0.4) is 0 Å². The van der Waals surface area contributed by atoms with Crippen molar-refractivity contribution in [2.75, 3.05) is 6.54 Å². The lowest BCUT2D eigenvalue weighted by molar-refractivity contribution is -0.151. The van der Waals surface area contributed by atoms with Crippen molar-refractivity contribution in [3.8, 4) is 0 Å². The number of hydrogen-bond donors (Lipinski definition) is 1. The third-order valence-corrected chi connectivity index (χ3v) is 3.65. The Morgan fingerprint density at radius 1 is 1.42 bits per heavy atom. The molecule has 2 amide bonds. The summed E-state index contributed by atoms with van der Waals surface area (Å²) in [5.41, 5.74) is -0.102. The van der Waals surface area contributed by atoms with Crippen molar-refractivity contribution in [1.82, 2.24) is 15.4 Å². The molecule has 1 fully saturated rings. The number of piperazine rings is 1. The molecule has 6 nitrogen and oxygen atoms in total. The number of hydrogen-bond acceptors (Lipinski definition) is 4. The molecule has 0 radical (unpaired) electrons. The van der Waals surface area contributed by atoms with Gasteiger partial charge in [0.1, 0.15) is 23.5 Å². The van der Waals surface area contributed by atoms with Crippen LogP contribution in [-0.2, 0) is 16.1 Å². The zero-order chi connectivity index (χ0) is 14.0. The number of amides is 2. The first-order valence-corrected chi connectivity index (χ1v) is 6.53. The summed E-state index contributed by atoms with van der Waals surface area (Å²) < 4.78 is 4.98. The molecule has 0 unspecified atom stereocenters. The summed E-state index contributed by atoms with van der Waals surface area (Å²) in [6.07, 6.45) is 1.17. The maximum Gasteiger partial charge on any atom is 0.249 e. The molecular formula is C13H19N3O3. The van der Waals surface area contributed by atoms with Gasteiger partial charge in [0, 0.05) is 6.07 Å². The van der Waals surface area contributed by atoms with Gasteiger partial charge in [-0.2, -0.15) is 0 Å². The fourth-order valence-corrected chi connectivity index (χ4v) is 2.45. The molecule has 0 bridgehead atoms. The van der Waals surface area contributed by atoms with Crippen molar-refractivity contribution in [1.29, 1.82) is 0 Å². The van der Waals surface area contributed by atoms with E-state index in [9.17, 15) is 9.59 Å². The minimum atomic E-state index is -0.770. The van der Waals surface area contributed by atoms with E-state index < -0.39 is 5.54 Å². The first-order valence-electron chi connectivity index (χ1n) is 6.53. The highest BCUT2D eigenvalue weighted by molar-refractivity contribution is 5.97. The zero-order valence-corrected chi connectivity index (χ0v) is 11.5. The van der Waals surface area contributed by atoms with Gasteiger partial charge >= 0.3 is 0 Å². The average Bonchev–Trinajstić information content (AvgIpc) is 2.79. The monoisotopic (exact) mass is 265 g/mol. The van der Waals surface area contributed by atoms with Gasteiger partial charge in [0.25, 0.3) is 0 Å². The molecule has 19 heavy (non-hydrogen) atoms. The van der Waals surface area contributed by atoms with Crippen LogP contribution in [0.25, 0.3) is 0 Å². The van der Waals surface area contributed by atoms with E-state index in [1.807, 2.05) is 13.8 Å². The number of nitrogens with one attached hydrogen (secondary N) is 1. The van der Waals surface area contributed by atoms with Gasteiger partial charge < -0.3 is 14.7 Å². The highest BCUT2D eigenvalue weighted by atomic mass is 16.5. The van der Waals surface area contributed by atoms with E-state index in [1.165, 1.54) is 0 Å². The summed E-state index contributed by atoms with van der Waals surface area (Å²) in [6, 6.07) is 1.78. The number of carbonyl (C=O) groups is 2. The lowest BCUT2D eigenvalue weighted by Crippen LogP contribution is -2.65.